The van der Waals surface area contributed by atoms with Crippen molar-refractivity contribution in [2.45, 2.75) is 59.8 Å². The Balaban J connectivity index is 1.71. The summed E-state index contributed by atoms with van der Waals surface area (Å²) < 4.78 is 7.58. The molecule has 0 unspecified atom stereocenters. The monoisotopic (exact) mass is 397 g/mol. The van der Waals surface area contributed by atoms with Crippen molar-refractivity contribution < 1.29 is 9.53 Å². The summed E-state index contributed by atoms with van der Waals surface area (Å²) in [5.41, 5.74) is 3.54. The van der Waals surface area contributed by atoms with E-state index in [1.165, 1.54) is 0 Å². The number of nitrogens with one attached hydrogen (secondary N) is 1. The van der Waals surface area contributed by atoms with Crippen LogP contribution in [-0.2, 0) is 4.79 Å². The van der Waals surface area contributed by atoms with Crippen LogP contribution in [0, 0.1) is 19.8 Å². The minimum absolute atomic E-state index is 0.368. The molecule has 0 aliphatic heterocycles. The second-order valence-electron chi connectivity index (χ2n) is 8.08. The molecule has 7 heteroatoms. The number of fused-ring (bicyclic) bond motifs is 3. The molecule has 3 aromatic rings. The number of carbonyl (C=O) groups excluding carboxylic acids is 1. The Morgan fingerprint density at radius 3 is 2.69 bits per heavy atom. The summed E-state index contributed by atoms with van der Waals surface area (Å²) in [6.07, 6.45) is 4.28. The number of anilines is 1. The first-order chi connectivity index (χ1) is 13.9. The zero-order chi connectivity index (χ0) is 21.0. The maximum atomic E-state index is 11.8. The first kappa shape index (κ1) is 21.0. The first-order valence-electron chi connectivity index (χ1n) is 10.4. The average molecular weight is 398 g/mol. The van der Waals surface area contributed by atoms with Crippen LogP contribution in [0.4, 0.5) is 5.82 Å². The third kappa shape index (κ3) is 4.83. The molecule has 7 nitrogen and oxygen atoms in total. The molecule has 0 aliphatic carbocycles. The molecule has 29 heavy (non-hydrogen) atoms. The van der Waals surface area contributed by atoms with Crippen molar-refractivity contribution in [1.82, 2.24) is 19.6 Å². The van der Waals surface area contributed by atoms with Gasteiger partial charge in [-0.2, -0.15) is 0 Å². The quantitative estimate of drug-likeness (QED) is 0.508. The Hall–Kier alpha value is -2.70. The number of nitrogens with zero attached hydrogens (tertiary/aromatic N) is 4. The van der Waals surface area contributed by atoms with Gasteiger partial charge in [0.2, 0.25) is 5.65 Å². The summed E-state index contributed by atoms with van der Waals surface area (Å²) in [6, 6.07) is 4.06. The molecular formula is C22H31N5O2. The standard InChI is InChI=1S/C22H31N5O2/c1-14(2)11-17(28)9-7-6-8-10-23-21-22-26-25-16(4)27(22)18-12-15(3)13-19(29-5)20(18)24-21/h12-14H,6-11H2,1-5H3,(H,23,24). The van der Waals surface area contributed by atoms with E-state index in [4.69, 9.17) is 9.72 Å². The largest absolute Gasteiger partial charge is 0.494 e. The van der Waals surface area contributed by atoms with E-state index < -0.39 is 0 Å². The van der Waals surface area contributed by atoms with E-state index in [0.717, 1.165) is 59.6 Å². The number of Topliss-reactive ketones (excluding diaryl/α,β-unsaturated/α-hetero) is 1. The van der Waals surface area contributed by atoms with Crippen LogP contribution in [0.2, 0.25) is 0 Å². The van der Waals surface area contributed by atoms with Crippen molar-refractivity contribution in [3.63, 3.8) is 0 Å². The van der Waals surface area contributed by atoms with Crippen molar-refractivity contribution in [2.75, 3.05) is 19.0 Å². The molecule has 0 aliphatic rings. The molecule has 0 atom stereocenters. The number of methoxy groups -OCH3 is 1. The SMILES string of the molecule is COc1cc(C)cc2c1nc(NCCCCCC(=O)CC(C)C)c1nnc(C)n12. The Morgan fingerprint density at radius 1 is 1.17 bits per heavy atom. The molecule has 1 aromatic carbocycles. The average Bonchev–Trinajstić information content (AvgIpc) is 3.05. The number of benzene rings is 1. The maximum Gasteiger partial charge on any atom is 0.204 e. The lowest BCUT2D eigenvalue weighted by molar-refractivity contribution is -0.119. The molecule has 0 amide bonds. The third-order valence-corrected chi connectivity index (χ3v) is 4.98. The third-order valence-electron chi connectivity index (χ3n) is 4.98. The van der Waals surface area contributed by atoms with Crippen molar-refractivity contribution >= 4 is 28.3 Å². The second-order valence-corrected chi connectivity index (χ2v) is 8.08. The number of ketones is 1. The minimum atomic E-state index is 0.368. The molecular weight excluding hydrogens is 366 g/mol. The molecule has 0 saturated heterocycles. The number of ether oxygens (including phenoxy) is 1. The summed E-state index contributed by atoms with van der Waals surface area (Å²) in [5.74, 6) is 3.06. The van der Waals surface area contributed by atoms with Crippen LogP contribution in [0.15, 0.2) is 12.1 Å². The smallest absolute Gasteiger partial charge is 0.204 e. The number of carbonyl (C=O) groups is 1. The van der Waals surface area contributed by atoms with Crippen molar-refractivity contribution in [3.8, 4) is 5.75 Å². The lowest BCUT2D eigenvalue weighted by Gasteiger charge is -2.12. The molecule has 0 spiro atoms. The van der Waals surface area contributed by atoms with Gasteiger partial charge in [0.25, 0.3) is 0 Å². The van der Waals surface area contributed by atoms with Gasteiger partial charge >= 0.3 is 0 Å². The van der Waals surface area contributed by atoms with E-state index in [1.807, 2.05) is 24.3 Å². The van der Waals surface area contributed by atoms with Gasteiger partial charge in [0.05, 0.1) is 12.6 Å². The predicted octanol–water partition coefficient (Wildman–Crippen LogP) is 4.49. The second kappa shape index (κ2) is 9.20. The van der Waals surface area contributed by atoms with Crippen LogP contribution >= 0.6 is 0 Å². The van der Waals surface area contributed by atoms with Gasteiger partial charge in [-0.1, -0.05) is 20.3 Å². The minimum Gasteiger partial charge on any atom is -0.494 e. The highest BCUT2D eigenvalue weighted by molar-refractivity contribution is 5.88. The van der Waals surface area contributed by atoms with Crippen molar-refractivity contribution in [3.05, 3.63) is 23.5 Å². The Morgan fingerprint density at radius 2 is 1.97 bits per heavy atom. The van der Waals surface area contributed by atoms with E-state index in [2.05, 4.69) is 35.4 Å². The normalized spacial score (nSPS) is 11.5. The number of hydrogen-bond acceptors (Lipinski definition) is 6. The Kier molecular flexibility index (Phi) is 6.67. The van der Waals surface area contributed by atoms with Gasteiger partial charge in [-0.05, 0) is 50.3 Å². The van der Waals surface area contributed by atoms with Crippen LogP contribution < -0.4 is 10.1 Å². The van der Waals surface area contributed by atoms with Crippen molar-refractivity contribution in [1.29, 1.82) is 0 Å². The Bertz CT molecular complexity index is 1010. The zero-order valence-electron chi connectivity index (χ0n) is 18.1. The van der Waals surface area contributed by atoms with Gasteiger partial charge in [-0.3, -0.25) is 9.20 Å². The van der Waals surface area contributed by atoms with Crippen LogP contribution in [0.3, 0.4) is 0 Å². The molecule has 2 heterocycles. The summed E-state index contributed by atoms with van der Waals surface area (Å²) in [7, 11) is 1.66. The summed E-state index contributed by atoms with van der Waals surface area (Å²) in [4.78, 5) is 16.6. The van der Waals surface area contributed by atoms with Gasteiger partial charge in [-0.15, -0.1) is 10.2 Å². The molecule has 0 radical (unpaired) electrons. The summed E-state index contributed by atoms with van der Waals surface area (Å²) >= 11 is 0. The Labute approximate surface area is 171 Å². The van der Waals surface area contributed by atoms with Gasteiger partial charge in [0, 0.05) is 19.4 Å². The van der Waals surface area contributed by atoms with Crippen LogP contribution in [0.25, 0.3) is 16.7 Å². The molecule has 0 saturated carbocycles. The fourth-order valence-electron chi connectivity index (χ4n) is 3.64. The van der Waals surface area contributed by atoms with Gasteiger partial charge < -0.3 is 10.1 Å². The predicted molar refractivity (Wildman–Crippen MR) is 116 cm³/mol. The summed E-state index contributed by atoms with van der Waals surface area (Å²) in [6.45, 7) is 8.91. The molecule has 156 valence electrons. The first-order valence-corrected chi connectivity index (χ1v) is 10.4. The highest BCUT2D eigenvalue weighted by atomic mass is 16.5. The maximum absolute atomic E-state index is 11.8. The van der Waals surface area contributed by atoms with Gasteiger partial charge in [0.1, 0.15) is 22.9 Å². The number of aryl methyl sites for hydroxylation is 2. The fourth-order valence-corrected chi connectivity index (χ4v) is 3.64. The van der Waals surface area contributed by atoms with Gasteiger partial charge in [-0.25, -0.2) is 4.98 Å². The zero-order valence-corrected chi connectivity index (χ0v) is 18.1. The number of rotatable bonds is 10. The molecule has 1 N–H and O–H groups in total. The van der Waals surface area contributed by atoms with Crippen LogP contribution in [0.1, 0.15) is 57.3 Å². The van der Waals surface area contributed by atoms with E-state index in [9.17, 15) is 4.79 Å². The highest BCUT2D eigenvalue weighted by Crippen LogP contribution is 2.29. The molecule has 2 aromatic heterocycles. The number of unbranched alkanes of at least 4 members (excludes halogenated alkanes) is 2. The summed E-state index contributed by atoms with van der Waals surface area (Å²) in [5, 5.41) is 12.0. The number of aromatic nitrogens is 4. The number of hydrogen-bond donors (Lipinski definition) is 1. The van der Waals surface area contributed by atoms with E-state index >= 15 is 0 Å². The molecule has 0 bridgehead atoms. The lowest BCUT2D eigenvalue weighted by Crippen LogP contribution is -2.08. The molecule has 3 rings (SSSR count). The lowest BCUT2D eigenvalue weighted by atomic mass is 10.0. The van der Waals surface area contributed by atoms with E-state index in [1.54, 1.807) is 7.11 Å². The van der Waals surface area contributed by atoms with Crippen LogP contribution in [-0.4, -0.2) is 39.0 Å². The topological polar surface area (TPSA) is 81.4 Å². The fraction of sp³-hybridized carbons (Fsp3) is 0.545. The van der Waals surface area contributed by atoms with E-state index in [0.29, 0.717) is 30.4 Å². The highest BCUT2D eigenvalue weighted by Gasteiger charge is 2.16. The van der Waals surface area contributed by atoms with Gasteiger partial charge in [0.15, 0.2) is 5.82 Å². The van der Waals surface area contributed by atoms with Crippen LogP contribution in [0.5, 0.6) is 5.75 Å². The van der Waals surface area contributed by atoms with Crippen molar-refractivity contribution in [2.24, 2.45) is 5.92 Å². The van der Waals surface area contributed by atoms with E-state index in [-0.39, 0.29) is 0 Å². The molecule has 0 fully saturated rings.